The first kappa shape index (κ1) is 25.3. The first-order valence-corrected chi connectivity index (χ1v) is 12.2. The molecule has 1 heterocycles. The third-order valence-electron chi connectivity index (χ3n) is 4.21. The summed E-state index contributed by atoms with van der Waals surface area (Å²) in [4.78, 5) is 0. The van der Waals surface area contributed by atoms with Crippen molar-refractivity contribution in [3.05, 3.63) is 78.4 Å². The monoisotopic (exact) mass is 426 g/mol. The second kappa shape index (κ2) is 16.1. The van der Waals surface area contributed by atoms with Crippen LogP contribution in [0.2, 0.25) is 0 Å². The molecule has 0 radical (unpaired) electrons. The summed E-state index contributed by atoms with van der Waals surface area (Å²) in [7, 11) is 0. The maximum Gasteiger partial charge on any atom is 0.102 e. The first-order chi connectivity index (χ1) is 14.1. The van der Waals surface area contributed by atoms with Gasteiger partial charge in [0.05, 0.1) is 0 Å². The van der Waals surface area contributed by atoms with Gasteiger partial charge < -0.3 is 0 Å². The Morgan fingerprint density at radius 2 is 1.34 bits per heavy atom. The van der Waals surface area contributed by atoms with Gasteiger partial charge in [0.1, 0.15) is 10.1 Å². The molecule has 0 fully saturated rings. The van der Waals surface area contributed by atoms with Crippen LogP contribution in [0.4, 0.5) is 0 Å². The quantitative estimate of drug-likeness (QED) is 0.482. The summed E-state index contributed by atoms with van der Waals surface area (Å²) in [6.07, 6.45) is 4.03. The minimum absolute atomic E-state index is 0.709. The summed E-state index contributed by atoms with van der Waals surface area (Å²) >= 11 is 3.58. The Kier molecular flexibility index (Phi) is 14.0. The van der Waals surface area contributed by atoms with E-state index in [1.165, 1.54) is 27.6 Å². The molecular weight excluding hydrogens is 392 g/mol. The van der Waals surface area contributed by atoms with E-state index in [-0.39, 0.29) is 0 Å². The largest absolute Gasteiger partial charge is 0.147 e. The fraction of sp³-hybridized carbons (Fsp3) is 0.360. The molecule has 1 aliphatic heterocycles. The standard InChI is InChI=1S/C10H14.C8H8.C7H12N2S2/c1-3-9(2)10-7-5-4-6-8-10;1-2-8-6-4-3-5-7-8;1-3-10-6-5-7(9-8-6)11-4-2/h4-9H,3H2,1-2H3;2-7H,1H2;3-5H2,1-2H3. The molecule has 2 aromatic rings. The molecule has 0 spiro atoms. The van der Waals surface area contributed by atoms with Gasteiger partial charge in [-0.15, -0.1) is 33.7 Å². The molecule has 0 amide bonds. The van der Waals surface area contributed by atoms with Crippen molar-refractivity contribution in [2.45, 2.75) is 46.5 Å². The zero-order valence-corrected chi connectivity index (χ0v) is 19.8. The molecule has 1 unspecified atom stereocenters. The number of nitrogens with zero attached hydrogens (tertiary/aromatic N) is 2. The molecule has 0 bridgehead atoms. The lowest BCUT2D eigenvalue weighted by Crippen LogP contribution is -1.95. The van der Waals surface area contributed by atoms with Crippen LogP contribution in [0.5, 0.6) is 0 Å². The minimum Gasteiger partial charge on any atom is -0.147 e. The molecule has 0 saturated carbocycles. The summed E-state index contributed by atoms with van der Waals surface area (Å²) < 4.78 is 0. The van der Waals surface area contributed by atoms with Crippen molar-refractivity contribution in [2.75, 3.05) is 11.5 Å². The van der Waals surface area contributed by atoms with Crippen molar-refractivity contribution in [3.63, 3.8) is 0 Å². The summed E-state index contributed by atoms with van der Waals surface area (Å²) in [5.74, 6) is 2.90. The topological polar surface area (TPSA) is 24.7 Å². The van der Waals surface area contributed by atoms with Crippen molar-refractivity contribution in [2.24, 2.45) is 10.2 Å². The van der Waals surface area contributed by atoms with Crippen molar-refractivity contribution in [3.8, 4) is 0 Å². The van der Waals surface area contributed by atoms with Crippen molar-refractivity contribution >= 4 is 39.7 Å². The van der Waals surface area contributed by atoms with E-state index in [2.05, 4.69) is 74.8 Å². The smallest absolute Gasteiger partial charge is 0.102 e. The minimum atomic E-state index is 0.709. The van der Waals surface area contributed by atoms with Gasteiger partial charge in [-0.25, -0.2) is 0 Å². The summed E-state index contributed by atoms with van der Waals surface area (Å²) in [5.41, 5.74) is 2.62. The van der Waals surface area contributed by atoms with Gasteiger partial charge in [-0.05, 0) is 35.0 Å². The lowest BCUT2D eigenvalue weighted by atomic mass is 9.99. The highest BCUT2D eigenvalue weighted by Crippen LogP contribution is 2.20. The van der Waals surface area contributed by atoms with E-state index in [4.69, 9.17) is 0 Å². The number of thioether (sulfide) groups is 2. The molecule has 156 valence electrons. The van der Waals surface area contributed by atoms with Gasteiger partial charge in [0, 0.05) is 6.42 Å². The second-order valence-corrected chi connectivity index (χ2v) is 9.04. The van der Waals surface area contributed by atoms with Crippen LogP contribution in [0.25, 0.3) is 6.08 Å². The van der Waals surface area contributed by atoms with Gasteiger partial charge in [-0.3, -0.25) is 0 Å². The molecule has 0 N–H and O–H groups in total. The van der Waals surface area contributed by atoms with E-state index >= 15 is 0 Å². The molecule has 4 heteroatoms. The van der Waals surface area contributed by atoms with Crippen LogP contribution in [0, 0.1) is 0 Å². The number of rotatable bonds is 5. The van der Waals surface area contributed by atoms with Crippen LogP contribution in [-0.4, -0.2) is 21.6 Å². The van der Waals surface area contributed by atoms with Crippen LogP contribution in [0.3, 0.4) is 0 Å². The van der Waals surface area contributed by atoms with Gasteiger partial charge in [-0.2, -0.15) is 0 Å². The van der Waals surface area contributed by atoms with E-state index in [9.17, 15) is 0 Å². The molecule has 1 aliphatic rings. The van der Waals surface area contributed by atoms with Crippen LogP contribution in [0.1, 0.15) is 57.6 Å². The van der Waals surface area contributed by atoms with Crippen molar-refractivity contribution < 1.29 is 0 Å². The molecule has 0 aliphatic carbocycles. The SMILES string of the molecule is C=Cc1ccccc1.CCC(C)c1ccccc1.CCSC1=NN=C(SCC)C1. The third kappa shape index (κ3) is 11.1. The summed E-state index contributed by atoms with van der Waals surface area (Å²) in [6.45, 7) is 12.4. The predicted molar refractivity (Wildman–Crippen MR) is 137 cm³/mol. The summed E-state index contributed by atoms with van der Waals surface area (Å²) in [5, 5.41) is 10.5. The average Bonchev–Trinajstić information content (AvgIpc) is 3.23. The van der Waals surface area contributed by atoms with Gasteiger partial charge in [0.15, 0.2) is 0 Å². The molecule has 0 saturated heterocycles. The van der Waals surface area contributed by atoms with E-state index in [1.54, 1.807) is 23.5 Å². The van der Waals surface area contributed by atoms with Gasteiger partial charge >= 0.3 is 0 Å². The Hall–Kier alpha value is -1.78. The number of hydrogen-bond acceptors (Lipinski definition) is 4. The van der Waals surface area contributed by atoms with E-state index in [0.29, 0.717) is 5.92 Å². The van der Waals surface area contributed by atoms with Gasteiger partial charge in [0.2, 0.25) is 0 Å². The first-order valence-electron chi connectivity index (χ1n) is 10.3. The maximum atomic E-state index is 4.07. The van der Waals surface area contributed by atoms with Gasteiger partial charge in [0.25, 0.3) is 0 Å². The summed E-state index contributed by atoms with van der Waals surface area (Å²) in [6, 6.07) is 20.7. The fourth-order valence-corrected chi connectivity index (χ4v) is 3.84. The molecule has 2 aromatic carbocycles. The van der Waals surface area contributed by atoms with E-state index in [1.807, 2.05) is 36.4 Å². The normalized spacial score (nSPS) is 13.1. The maximum absolute atomic E-state index is 4.07. The average molecular weight is 427 g/mol. The van der Waals surface area contributed by atoms with Crippen LogP contribution >= 0.6 is 23.5 Å². The highest BCUT2D eigenvalue weighted by molar-refractivity contribution is 8.16. The van der Waals surface area contributed by atoms with Crippen LogP contribution in [0.15, 0.2) is 77.4 Å². The molecule has 3 rings (SSSR count). The molecule has 2 nitrogen and oxygen atoms in total. The highest BCUT2D eigenvalue weighted by Gasteiger charge is 2.11. The predicted octanol–water partition coefficient (Wildman–Crippen LogP) is 8.14. The number of hydrogen-bond donors (Lipinski definition) is 0. The number of benzene rings is 2. The van der Waals surface area contributed by atoms with Crippen molar-refractivity contribution in [1.82, 2.24) is 0 Å². The third-order valence-corrected chi connectivity index (χ3v) is 5.91. The van der Waals surface area contributed by atoms with E-state index < -0.39 is 0 Å². The lowest BCUT2D eigenvalue weighted by Gasteiger charge is -2.06. The lowest BCUT2D eigenvalue weighted by molar-refractivity contribution is 0.733. The van der Waals surface area contributed by atoms with Crippen LogP contribution < -0.4 is 0 Å². The van der Waals surface area contributed by atoms with E-state index in [0.717, 1.165) is 17.9 Å². The Labute approximate surface area is 186 Å². The Balaban J connectivity index is 0.000000220. The molecule has 0 aromatic heterocycles. The zero-order valence-electron chi connectivity index (χ0n) is 18.2. The Bertz CT molecular complexity index is 720. The van der Waals surface area contributed by atoms with Crippen LogP contribution in [-0.2, 0) is 0 Å². The van der Waals surface area contributed by atoms with Crippen molar-refractivity contribution in [1.29, 1.82) is 0 Å². The second-order valence-electron chi connectivity index (χ2n) is 6.37. The molecule has 1 atom stereocenters. The fourth-order valence-electron chi connectivity index (χ4n) is 2.41. The Morgan fingerprint density at radius 3 is 1.72 bits per heavy atom. The molecule has 29 heavy (non-hydrogen) atoms. The van der Waals surface area contributed by atoms with Gasteiger partial charge in [-0.1, -0.05) is 101 Å². The highest BCUT2D eigenvalue weighted by atomic mass is 32.2. The molecular formula is C25H34N2S2. The zero-order chi connectivity index (χ0) is 21.3. The Morgan fingerprint density at radius 1 is 0.862 bits per heavy atom.